The molecule has 4 heteroatoms. The molecule has 3 nitrogen and oxygen atoms in total. The van der Waals surface area contributed by atoms with Crippen molar-refractivity contribution in [1.82, 2.24) is 0 Å². The van der Waals surface area contributed by atoms with Gasteiger partial charge in [0.15, 0.2) is 0 Å². The molecule has 0 saturated carbocycles. The lowest BCUT2D eigenvalue weighted by molar-refractivity contribution is -0.923. The van der Waals surface area contributed by atoms with Crippen LogP contribution in [-0.2, 0) is 6.54 Å². The summed E-state index contributed by atoms with van der Waals surface area (Å²) in [6.07, 6.45) is 1.83. The molecule has 1 aromatic carbocycles. The summed E-state index contributed by atoms with van der Waals surface area (Å²) in [5.41, 5.74) is 2.33. The molecular formula is C13H19ClN2O. The van der Waals surface area contributed by atoms with E-state index in [1.165, 1.54) is 5.56 Å². The van der Waals surface area contributed by atoms with Gasteiger partial charge in [-0.15, -0.1) is 0 Å². The molecule has 0 spiro atoms. The molecule has 0 amide bonds. The van der Waals surface area contributed by atoms with Gasteiger partial charge in [-0.25, -0.2) is 0 Å². The minimum atomic E-state index is 0. The van der Waals surface area contributed by atoms with Crippen LogP contribution in [0.3, 0.4) is 0 Å². The van der Waals surface area contributed by atoms with Crippen LogP contribution in [0.15, 0.2) is 35.5 Å². The van der Waals surface area contributed by atoms with Crippen LogP contribution in [0.1, 0.15) is 18.4 Å². The third kappa shape index (κ3) is 3.72. The number of likely N-dealkylation sites (tertiary alicyclic amines) is 1. The molecule has 0 aromatic heterocycles. The van der Waals surface area contributed by atoms with Gasteiger partial charge in [0, 0.05) is 18.4 Å². The molecule has 1 saturated heterocycles. The summed E-state index contributed by atoms with van der Waals surface area (Å²) in [7, 11) is 2.28. The van der Waals surface area contributed by atoms with Crippen molar-refractivity contribution in [2.75, 3.05) is 20.1 Å². The normalized spacial score (nSPS) is 23.9. The summed E-state index contributed by atoms with van der Waals surface area (Å²) >= 11 is 0. The fourth-order valence-corrected chi connectivity index (χ4v) is 2.32. The van der Waals surface area contributed by atoms with Crippen LogP contribution in [0.2, 0.25) is 0 Å². The smallest absolute Gasteiger partial charge is 0.104 e. The molecule has 1 aliphatic rings. The van der Waals surface area contributed by atoms with E-state index in [-0.39, 0.29) is 12.4 Å². The first-order valence-electron chi connectivity index (χ1n) is 5.79. The minimum Gasteiger partial charge on any atom is -1.00 e. The Labute approximate surface area is 109 Å². The first-order valence-corrected chi connectivity index (χ1v) is 5.79. The Bertz CT molecular complexity index is 368. The summed E-state index contributed by atoms with van der Waals surface area (Å²) in [6.45, 7) is 3.20. The van der Waals surface area contributed by atoms with E-state index in [1.54, 1.807) is 0 Å². The quantitative estimate of drug-likeness (QED) is 0.421. The molecule has 1 N–H and O–H groups in total. The molecule has 1 heterocycles. The largest absolute Gasteiger partial charge is 1.00 e. The Kier molecular flexibility index (Phi) is 4.97. The van der Waals surface area contributed by atoms with Crippen LogP contribution < -0.4 is 12.4 Å². The maximum absolute atomic E-state index is 8.73. The van der Waals surface area contributed by atoms with Crippen molar-refractivity contribution >= 4 is 5.71 Å². The number of rotatable bonds is 2. The van der Waals surface area contributed by atoms with Crippen LogP contribution in [0.4, 0.5) is 0 Å². The molecule has 0 atom stereocenters. The Morgan fingerprint density at radius 3 is 2.29 bits per heavy atom. The van der Waals surface area contributed by atoms with Gasteiger partial charge in [0.1, 0.15) is 6.54 Å². The van der Waals surface area contributed by atoms with E-state index in [0.29, 0.717) is 0 Å². The molecule has 0 unspecified atom stereocenters. The van der Waals surface area contributed by atoms with E-state index in [1.807, 2.05) is 0 Å². The summed E-state index contributed by atoms with van der Waals surface area (Å²) in [5.74, 6) is 0. The molecule has 1 aromatic rings. The molecule has 94 valence electrons. The van der Waals surface area contributed by atoms with Gasteiger partial charge in [-0.2, -0.15) is 0 Å². The number of hydrogen-bond donors (Lipinski definition) is 1. The van der Waals surface area contributed by atoms with Crippen LogP contribution in [0, 0.1) is 0 Å². The highest BCUT2D eigenvalue weighted by Crippen LogP contribution is 2.18. The number of oxime groups is 1. The first-order chi connectivity index (χ1) is 7.72. The van der Waals surface area contributed by atoms with Gasteiger partial charge in [0.2, 0.25) is 0 Å². The van der Waals surface area contributed by atoms with Gasteiger partial charge >= 0.3 is 0 Å². The van der Waals surface area contributed by atoms with Gasteiger partial charge < -0.3 is 22.1 Å². The van der Waals surface area contributed by atoms with E-state index in [4.69, 9.17) is 5.21 Å². The maximum Gasteiger partial charge on any atom is 0.104 e. The number of nitrogens with zero attached hydrogens (tertiary/aromatic N) is 2. The van der Waals surface area contributed by atoms with Crippen molar-refractivity contribution < 1.29 is 22.1 Å². The van der Waals surface area contributed by atoms with Gasteiger partial charge in [-0.3, -0.25) is 0 Å². The van der Waals surface area contributed by atoms with Gasteiger partial charge in [-0.05, 0) is 0 Å². The fraction of sp³-hybridized carbons (Fsp3) is 0.462. The lowest BCUT2D eigenvalue weighted by Gasteiger charge is -2.38. The second kappa shape index (κ2) is 6.03. The zero-order chi connectivity index (χ0) is 11.4. The summed E-state index contributed by atoms with van der Waals surface area (Å²) in [4.78, 5) is 0. The highest BCUT2D eigenvalue weighted by Gasteiger charge is 2.28. The second-order valence-electron chi connectivity index (χ2n) is 4.88. The monoisotopic (exact) mass is 254 g/mol. The molecular weight excluding hydrogens is 236 g/mol. The number of halogens is 1. The zero-order valence-corrected chi connectivity index (χ0v) is 10.9. The van der Waals surface area contributed by atoms with Gasteiger partial charge in [0.05, 0.1) is 25.8 Å². The van der Waals surface area contributed by atoms with Crippen molar-refractivity contribution in [2.24, 2.45) is 5.16 Å². The van der Waals surface area contributed by atoms with Crippen LogP contribution >= 0.6 is 0 Å². The lowest BCUT2D eigenvalue weighted by atomic mass is 10.0. The summed E-state index contributed by atoms with van der Waals surface area (Å²) in [5, 5.41) is 12.1. The van der Waals surface area contributed by atoms with Crippen molar-refractivity contribution in [3.05, 3.63) is 35.9 Å². The molecule has 0 aliphatic carbocycles. The first kappa shape index (κ1) is 14.0. The number of hydrogen-bond acceptors (Lipinski definition) is 2. The number of piperidine rings is 1. The van der Waals surface area contributed by atoms with E-state index < -0.39 is 0 Å². The second-order valence-corrected chi connectivity index (χ2v) is 4.88. The Hall–Kier alpha value is -1.06. The summed E-state index contributed by atoms with van der Waals surface area (Å²) < 4.78 is 1.04. The lowest BCUT2D eigenvalue weighted by Crippen LogP contribution is -3.00. The minimum absolute atomic E-state index is 0. The molecule has 17 heavy (non-hydrogen) atoms. The van der Waals surface area contributed by atoms with E-state index >= 15 is 0 Å². The highest BCUT2D eigenvalue weighted by atomic mass is 35.5. The number of benzene rings is 1. The van der Waals surface area contributed by atoms with Gasteiger partial charge in [-0.1, -0.05) is 35.5 Å². The van der Waals surface area contributed by atoms with Crippen molar-refractivity contribution in [1.29, 1.82) is 0 Å². The molecule has 1 aliphatic heterocycles. The van der Waals surface area contributed by atoms with E-state index in [0.717, 1.165) is 42.7 Å². The molecule has 2 rings (SSSR count). The predicted octanol–water partition coefficient (Wildman–Crippen LogP) is -0.739. The van der Waals surface area contributed by atoms with E-state index in [2.05, 4.69) is 42.5 Å². The van der Waals surface area contributed by atoms with Gasteiger partial charge in [0.25, 0.3) is 0 Å². The third-order valence-corrected chi connectivity index (χ3v) is 3.43. The average molecular weight is 255 g/mol. The van der Waals surface area contributed by atoms with Crippen LogP contribution in [-0.4, -0.2) is 35.5 Å². The van der Waals surface area contributed by atoms with Crippen LogP contribution in [0.5, 0.6) is 0 Å². The van der Waals surface area contributed by atoms with Crippen molar-refractivity contribution in [3.8, 4) is 0 Å². The highest BCUT2D eigenvalue weighted by molar-refractivity contribution is 5.84. The standard InChI is InChI=1S/C13H18N2O.ClH/c1-15(9-7-13(14-16)8-10-15)11-12-5-3-2-4-6-12;/h2-6H,7-11H2,1H3;1H. The van der Waals surface area contributed by atoms with Crippen LogP contribution in [0.25, 0.3) is 0 Å². The Balaban J connectivity index is 0.00000144. The average Bonchev–Trinajstić information content (AvgIpc) is 2.31. The Morgan fingerprint density at radius 1 is 1.18 bits per heavy atom. The molecule has 0 radical (unpaired) electrons. The molecule has 0 bridgehead atoms. The third-order valence-electron chi connectivity index (χ3n) is 3.43. The fourth-order valence-electron chi connectivity index (χ4n) is 2.32. The van der Waals surface area contributed by atoms with Crippen molar-refractivity contribution in [3.63, 3.8) is 0 Å². The predicted molar refractivity (Wildman–Crippen MR) is 64.5 cm³/mol. The molecule has 1 fully saturated rings. The number of quaternary nitrogens is 1. The summed E-state index contributed by atoms with van der Waals surface area (Å²) in [6, 6.07) is 10.6. The van der Waals surface area contributed by atoms with E-state index in [9.17, 15) is 0 Å². The maximum atomic E-state index is 8.73. The van der Waals surface area contributed by atoms with Crippen molar-refractivity contribution in [2.45, 2.75) is 19.4 Å². The Morgan fingerprint density at radius 2 is 1.76 bits per heavy atom. The SMILES string of the molecule is C[N+]1(Cc2ccccc2)CCC(=NO)CC1.[Cl-]. The zero-order valence-electron chi connectivity index (χ0n) is 10.1. The topological polar surface area (TPSA) is 32.6 Å².